The molecular weight excluding hydrogens is 596 g/mol. The zero-order chi connectivity index (χ0) is 30.3. The molecule has 226 valence electrons. The molecule has 5 rings (SSSR count). The number of oxime groups is 1. The largest absolute Gasteiger partial charge is 0.428 e. The molecule has 13 nitrogen and oxygen atoms in total. The minimum absolute atomic E-state index is 0.00627. The number of pyridine rings is 1. The van der Waals surface area contributed by atoms with Gasteiger partial charge in [0.05, 0.1) is 5.92 Å². The van der Waals surface area contributed by atoms with E-state index < -0.39 is 47.7 Å². The van der Waals surface area contributed by atoms with Crippen molar-refractivity contribution in [1.29, 1.82) is 0 Å². The van der Waals surface area contributed by atoms with E-state index in [1.165, 1.54) is 22.0 Å². The number of nitrogens with zero attached hydrogens (tertiary/aromatic N) is 4. The van der Waals surface area contributed by atoms with Crippen molar-refractivity contribution in [3.8, 4) is 0 Å². The summed E-state index contributed by atoms with van der Waals surface area (Å²) < 4.78 is 10.6. The summed E-state index contributed by atoms with van der Waals surface area (Å²) in [6, 6.07) is 2.60. The van der Waals surface area contributed by atoms with Gasteiger partial charge in [0, 0.05) is 23.5 Å². The van der Waals surface area contributed by atoms with Gasteiger partial charge >= 0.3 is 11.9 Å². The molecule has 15 heteroatoms. The molecule has 2 aliphatic heterocycles. The molecular formula is C28H30N6O7S2. The van der Waals surface area contributed by atoms with Crippen LogP contribution in [0.2, 0.25) is 0 Å². The van der Waals surface area contributed by atoms with Crippen LogP contribution in [0.25, 0.3) is 6.08 Å². The van der Waals surface area contributed by atoms with Crippen molar-refractivity contribution in [3.05, 3.63) is 58.5 Å². The summed E-state index contributed by atoms with van der Waals surface area (Å²) in [4.78, 5) is 61.4. The predicted molar refractivity (Wildman–Crippen MR) is 158 cm³/mol. The standard InChI is InChI=1S/C28H30N6O7S2/c29-28-31-19(14-43-28)20(33-39)23(35)32-21-24(36)34-22(18(13-42-25(21)34)10-9-16-6-5-11-30-12-16)27(38)41-15-40-26(37)17-7-3-1-2-4-8-17/h5-6,9-12,14,17,21,25,39H,1-4,7-8,13,15H2,(H2,29,31)(H,32,35)/b10-9-,33-20?/t21-,25-/m1/s1. The van der Waals surface area contributed by atoms with Crippen molar-refractivity contribution in [1.82, 2.24) is 20.2 Å². The molecule has 43 heavy (non-hydrogen) atoms. The Morgan fingerprint density at radius 2 is 1.98 bits per heavy atom. The number of nitrogens with one attached hydrogen (secondary N) is 1. The summed E-state index contributed by atoms with van der Waals surface area (Å²) in [5.74, 6) is -2.53. The highest BCUT2D eigenvalue weighted by Gasteiger charge is 2.54. The van der Waals surface area contributed by atoms with Crippen LogP contribution in [0, 0.1) is 5.92 Å². The Kier molecular flexibility index (Phi) is 9.72. The number of hydrogen-bond acceptors (Lipinski definition) is 13. The van der Waals surface area contributed by atoms with E-state index in [0.29, 0.717) is 11.3 Å². The highest BCUT2D eigenvalue weighted by Crippen LogP contribution is 2.41. The van der Waals surface area contributed by atoms with E-state index in [4.69, 9.17) is 15.2 Å². The van der Waals surface area contributed by atoms with Crippen LogP contribution in [0.15, 0.2) is 52.4 Å². The molecule has 2 aromatic rings. The number of amides is 2. The van der Waals surface area contributed by atoms with Crippen LogP contribution in [0.4, 0.5) is 5.13 Å². The van der Waals surface area contributed by atoms with E-state index in [-0.39, 0.29) is 22.4 Å². The fourth-order valence-electron chi connectivity index (χ4n) is 5.09. The van der Waals surface area contributed by atoms with Crippen molar-refractivity contribution in [2.45, 2.75) is 49.9 Å². The second kappa shape index (κ2) is 13.8. The molecule has 4 N–H and O–H groups in total. The number of carbonyl (C=O) groups excluding carboxylic acids is 4. The molecule has 2 aromatic heterocycles. The van der Waals surface area contributed by atoms with E-state index in [1.54, 1.807) is 30.6 Å². The first kappa shape index (κ1) is 30.2. The Bertz CT molecular complexity index is 1470. The molecule has 1 saturated carbocycles. The molecule has 1 aliphatic carbocycles. The molecule has 0 unspecified atom stereocenters. The number of β-lactam (4-membered cyclic amide) rings is 1. The van der Waals surface area contributed by atoms with E-state index in [9.17, 15) is 24.4 Å². The summed E-state index contributed by atoms with van der Waals surface area (Å²) in [5, 5.41) is 16.0. The number of aromatic nitrogens is 2. The number of nitrogen functional groups attached to an aromatic ring is 1. The van der Waals surface area contributed by atoms with Crippen LogP contribution < -0.4 is 11.1 Å². The zero-order valence-corrected chi connectivity index (χ0v) is 24.6. The summed E-state index contributed by atoms with van der Waals surface area (Å²) in [6.07, 6.45) is 12.3. The van der Waals surface area contributed by atoms with Gasteiger partial charge in [-0.25, -0.2) is 9.78 Å². The quantitative estimate of drug-likeness (QED) is 0.0707. The first-order valence-corrected chi connectivity index (χ1v) is 15.6. The fourth-order valence-corrected chi connectivity index (χ4v) is 6.96. The fraction of sp³-hybridized carbons (Fsp3) is 0.393. The number of ether oxygens (including phenoxy) is 2. The number of anilines is 1. The van der Waals surface area contributed by atoms with E-state index in [1.807, 2.05) is 6.07 Å². The summed E-state index contributed by atoms with van der Waals surface area (Å²) in [5.41, 5.74) is 6.58. The predicted octanol–water partition coefficient (Wildman–Crippen LogP) is 2.68. The Labute approximate surface area is 255 Å². The topological polar surface area (TPSA) is 186 Å². The molecule has 0 radical (unpaired) electrons. The lowest BCUT2D eigenvalue weighted by atomic mass is 10.0. The lowest BCUT2D eigenvalue weighted by Crippen LogP contribution is -2.71. The zero-order valence-electron chi connectivity index (χ0n) is 23.0. The number of thioether (sulfide) groups is 1. The number of rotatable bonds is 9. The molecule has 0 aromatic carbocycles. The SMILES string of the molecule is Nc1nc(C(=NO)C(=O)N[C@@H]2C(=O)N3C(C(=O)OCOC(=O)C4CCCCCC4)=C(/C=C\c4cccnc4)CS[C@H]23)cs1. The van der Waals surface area contributed by atoms with Crippen LogP contribution in [0.3, 0.4) is 0 Å². The van der Waals surface area contributed by atoms with E-state index in [0.717, 1.165) is 55.4 Å². The Balaban J connectivity index is 1.30. The second-order valence-corrected chi connectivity index (χ2v) is 12.1. The van der Waals surface area contributed by atoms with Gasteiger partial charge in [0.1, 0.15) is 22.8 Å². The molecule has 2 fully saturated rings. The lowest BCUT2D eigenvalue weighted by molar-refractivity contribution is -0.171. The van der Waals surface area contributed by atoms with Crippen LogP contribution in [-0.2, 0) is 28.7 Å². The summed E-state index contributed by atoms with van der Waals surface area (Å²) in [6.45, 7) is -0.579. The first-order valence-electron chi connectivity index (χ1n) is 13.7. The van der Waals surface area contributed by atoms with Crippen LogP contribution in [0.5, 0.6) is 0 Å². The first-order chi connectivity index (χ1) is 20.9. The van der Waals surface area contributed by atoms with Gasteiger partial charge in [-0.05, 0) is 30.0 Å². The third-order valence-corrected chi connectivity index (χ3v) is 9.27. The highest BCUT2D eigenvalue weighted by molar-refractivity contribution is 8.00. The van der Waals surface area contributed by atoms with Crippen LogP contribution >= 0.6 is 23.1 Å². The van der Waals surface area contributed by atoms with Gasteiger partial charge in [0.25, 0.3) is 11.8 Å². The average molecular weight is 627 g/mol. The maximum Gasteiger partial charge on any atom is 0.358 e. The Morgan fingerprint density at radius 3 is 2.65 bits per heavy atom. The van der Waals surface area contributed by atoms with Gasteiger partial charge in [0.2, 0.25) is 6.79 Å². The second-order valence-electron chi connectivity index (χ2n) is 10.1. The van der Waals surface area contributed by atoms with Gasteiger partial charge in [-0.3, -0.25) is 24.3 Å². The van der Waals surface area contributed by atoms with Crippen molar-refractivity contribution in [2.24, 2.45) is 11.1 Å². The van der Waals surface area contributed by atoms with Gasteiger partial charge in [-0.15, -0.1) is 23.1 Å². The Hall–Kier alpha value is -4.24. The number of allylic oxidation sites excluding steroid dienone is 1. The van der Waals surface area contributed by atoms with Crippen LogP contribution in [-0.4, -0.2) is 73.5 Å². The number of hydrogen-bond donors (Lipinski definition) is 3. The third kappa shape index (κ3) is 6.88. The molecule has 1 saturated heterocycles. The van der Waals surface area contributed by atoms with Gasteiger partial charge in [-0.1, -0.05) is 49.1 Å². The third-order valence-electron chi connectivity index (χ3n) is 7.30. The van der Waals surface area contributed by atoms with Gasteiger partial charge in [0.15, 0.2) is 10.8 Å². The maximum absolute atomic E-state index is 13.4. The molecule has 2 atom stereocenters. The number of fused-ring (bicyclic) bond motifs is 1. The van der Waals surface area contributed by atoms with Crippen molar-refractivity contribution >= 4 is 63.8 Å². The van der Waals surface area contributed by atoms with Crippen molar-refractivity contribution in [2.75, 3.05) is 18.3 Å². The maximum atomic E-state index is 13.4. The Morgan fingerprint density at radius 1 is 1.19 bits per heavy atom. The minimum Gasteiger partial charge on any atom is -0.428 e. The highest BCUT2D eigenvalue weighted by atomic mass is 32.2. The number of nitrogens with two attached hydrogens (primary N) is 1. The summed E-state index contributed by atoms with van der Waals surface area (Å²) >= 11 is 2.40. The lowest BCUT2D eigenvalue weighted by Gasteiger charge is -2.49. The summed E-state index contributed by atoms with van der Waals surface area (Å²) in [7, 11) is 0. The number of carbonyl (C=O) groups is 4. The smallest absolute Gasteiger partial charge is 0.358 e. The average Bonchev–Trinajstić information content (AvgIpc) is 3.25. The monoisotopic (exact) mass is 626 g/mol. The molecule has 2 amide bonds. The minimum atomic E-state index is -1.01. The van der Waals surface area contributed by atoms with Crippen LogP contribution in [0.1, 0.15) is 49.8 Å². The van der Waals surface area contributed by atoms with Gasteiger partial charge in [-0.2, -0.15) is 0 Å². The van der Waals surface area contributed by atoms with Crippen molar-refractivity contribution in [3.63, 3.8) is 0 Å². The number of esters is 2. The van der Waals surface area contributed by atoms with E-state index >= 15 is 0 Å². The molecule has 3 aliphatic rings. The van der Waals surface area contributed by atoms with Gasteiger partial charge < -0.3 is 25.7 Å². The normalized spacial score (nSPS) is 21.2. The molecule has 4 heterocycles. The number of thiazole rings is 1. The molecule has 0 spiro atoms. The van der Waals surface area contributed by atoms with Crippen molar-refractivity contribution < 1.29 is 33.9 Å². The van der Waals surface area contributed by atoms with E-state index in [2.05, 4.69) is 20.4 Å². The molecule has 0 bridgehead atoms.